The molecule has 0 bridgehead atoms. The molecule has 6 heteroatoms. The fourth-order valence-corrected chi connectivity index (χ4v) is 7.27. The van der Waals surface area contributed by atoms with Crippen LogP contribution in [-0.2, 0) is 0 Å². The van der Waals surface area contributed by atoms with Crippen LogP contribution in [0.25, 0.3) is 88.9 Å². The quantitative estimate of drug-likeness (QED) is 0.188. The molecule has 10 rings (SSSR count). The van der Waals surface area contributed by atoms with Crippen LogP contribution in [0.2, 0.25) is 0 Å². The molecule has 0 saturated heterocycles. The van der Waals surface area contributed by atoms with Gasteiger partial charge < -0.3 is 9.13 Å². The van der Waals surface area contributed by atoms with E-state index in [1.165, 1.54) is 10.8 Å². The summed E-state index contributed by atoms with van der Waals surface area (Å²) in [5.74, 6) is 0. The van der Waals surface area contributed by atoms with Gasteiger partial charge >= 0.3 is 0 Å². The van der Waals surface area contributed by atoms with E-state index in [1.807, 2.05) is 36.9 Å². The summed E-state index contributed by atoms with van der Waals surface area (Å²) in [6.45, 7) is 0. The fraction of sp³-hybridized carbons (Fsp3) is 0. The Morgan fingerprint density at radius 1 is 0.340 bits per heavy atom. The Bertz CT molecular complexity index is 2590. The van der Waals surface area contributed by atoms with Crippen molar-refractivity contribution in [2.75, 3.05) is 0 Å². The normalized spacial score (nSPS) is 11.6. The highest BCUT2D eigenvalue weighted by atomic mass is 15.0. The molecule has 6 nitrogen and oxygen atoms in total. The van der Waals surface area contributed by atoms with Gasteiger partial charge in [0.1, 0.15) is 0 Å². The van der Waals surface area contributed by atoms with E-state index in [-0.39, 0.29) is 0 Å². The lowest BCUT2D eigenvalue weighted by Gasteiger charge is -2.11. The van der Waals surface area contributed by atoms with Crippen LogP contribution in [-0.4, -0.2) is 29.1 Å². The average molecular weight is 641 g/mol. The summed E-state index contributed by atoms with van der Waals surface area (Å²) < 4.78 is 4.60. The topological polar surface area (TPSA) is 61.4 Å². The van der Waals surface area contributed by atoms with Crippen molar-refractivity contribution >= 4 is 43.6 Å². The number of hydrogen-bond acceptors (Lipinski definition) is 4. The van der Waals surface area contributed by atoms with Crippen molar-refractivity contribution in [3.63, 3.8) is 0 Å². The van der Waals surface area contributed by atoms with Crippen LogP contribution in [0.4, 0.5) is 0 Å². The molecule has 6 heterocycles. The molecule has 0 spiro atoms. The van der Waals surface area contributed by atoms with Crippen LogP contribution < -0.4 is 0 Å². The highest BCUT2D eigenvalue weighted by Gasteiger charge is 2.15. The van der Waals surface area contributed by atoms with Crippen molar-refractivity contribution < 1.29 is 0 Å². The Kier molecular flexibility index (Phi) is 6.39. The largest absolute Gasteiger partial charge is 0.309 e. The molecule has 0 aliphatic heterocycles. The van der Waals surface area contributed by atoms with E-state index in [4.69, 9.17) is 9.97 Å². The standard InChI is InChI=1S/C44H28N6/c1-3-19-41-33(13-1)35-27-45-23-21-43(35)49(41)31-11-5-9-29(25-31)37-15-7-17-39(47-37)40-18-8-16-38(48-40)30-10-6-12-32(26-30)50-42-20-4-2-14-34(42)36-28-46-24-22-44(36)50/h1-28H. The smallest absolute Gasteiger partial charge is 0.0893 e. The van der Waals surface area contributed by atoms with Gasteiger partial charge in [-0.3, -0.25) is 9.97 Å². The molecule has 50 heavy (non-hydrogen) atoms. The molecule has 10 aromatic rings. The van der Waals surface area contributed by atoms with Crippen LogP contribution in [0, 0.1) is 0 Å². The van der Waals surface area contributed by atoms with Crippen LogP contribution in [0.5, 0.6) is 0 Å². The van der Waals surface area contributed by atoms with Gasteiger partial charge in [-0.1, -0.05) is 72.8 Å². The summed E-state index contributed by atoms with van der Waals surface area (Å²) in [5.41, 5.74) is 12.2. The van der Waals surface area contributed by atoms with Crippen molar-refractivity contribution in [3.05, 3.63) is 170 Å². The summed E-state index contributed by atoms with van der Waals surface area (Å²) in [4.78, 5) is 19.1. The Morgan fingerprint density at radius 2 is 0.760 bits per heavy atom. The predicted molar refractivity (Wildman–Crippen MR) is 203 cm³/mol. The number of fused-ring (bicyclic) bond motifs is 6. The first-order valence-corrected chi connectivity index (χ1v) is 16.6. The number of rotatable bonds is 5. The summed E-state index contributed by atoms with van der Waals surface area (Å²) in [7, 11) is 0. The maximum absolute atomic E-state index is 5.13. The van der Waals surface area contributed by atoms with Crippen LogP contribution >= 0.6 is 0 Å². The molecule has 0 radical (unpaired) electrons. The highest BCUT2D eigenvalue weighted by Crippen LogP contribution is 2.35. The SMILES string of the molecule is c1cc(-c2cccc(-c3cccc(-c4cccc(-n5c6ccccc6c6cnccc65)c4)n3)n2)cc(-n2c3ccccc3c3cnccc32)c1. The van der Waals surface area contributed by atoms with Gasteiger partial charge in [0.25, 0.3) is 0 Å². The maximum Gasteiger partial charge on any atom is 0.0893 e. The molecule has 0 fully saturated rings. The molecule has 6 aromatic heterocycles. The molecular weight excluding hydrogens is 613 g/mol. The van der Waals surface area contributed by atoms with Crippen molar-refractivity contribution in [2.45, 2.75) is 0 Å². The molecule has 0 N–H and O–H groups in total. The van der Waals surface area contributed by atoms with Gasteiger partial charge in [0, 0.05) is 68.8 Å². The first-order chi connectivity index (χ1) is 24.8. The van der Waals surface area contributed by atoms with Gasteiger partial charge in [0.05, 0.1) is 44.8 Å². The molecule has 0 amide bonds. The molecule has 0 aliphatic carbocycles. The molecular formula is C44H28N6. The van der Waals surface area contributed by atoms with Crippen LogP contribution in [0.1, 0.15) is 0 Å². The number of nitrogens with zero attached hydrogens (tertiary/aromatic N) is 6. The Hall–Kier alpha value is -6.92. The Balaban J connectivity index is 1.03. The third kappa shape index (κ3) is 4.50. The lowest BCUT2D eigenvalue weighted by atomic mass is 10.1. The Morgan fingerprint density at radius 3 is 1.26 bits per heavy atom. The number of pyridine rings is 4. The third-order valence-electron chi connectivity index (χ3n) is 9.51. The second kappa shape index (κ2) is 11.4. The summed E-state index contributed by atoms with van der Waals surface area (Å²) >= 11 is 0. The monoisotopic (exact) mass is 640 g/mol. The zero-order valence-electron chi connectivity index (χ0n) is 26.8. The maximum atomic E-state index is 5.13. The van der Waals surface area contributed by atoms with Gasteiger partial charge in [-0.25, -0.2) is 9.97 Å². The van der Waals surface area contributed by atoms with E-state index >= 15 is 0 Å². The minimum atomic E-state index is 0.823. The number of aromatic nitrogens is 6. The molecule has 0 atom stereocenters. The lowest BCUT2D eigenvalue weighted by Crippen LogP contribution is -1.96. The third-order valence-corrected chi connectivity index (χ3v) is 9.51. The molecule has 0 aliphatic rings. The lowest BCUT2D eigenvalue weighted by molar-refractivity contribution is 1.17. The minimum absolute atomic E-state index is 0.823. The van der Waals surface area contributed by atoms with Gasteiger partial charge in [-0.15, -0.1) is 0 Å². The van der Waals surface area contributed by atoms with E-state index in [1.54, 1.807) is 0 Å². The summed E-state index contributed by atoms with van der Waals surface area (Å²) in [6, 6.07) is 50.6. The molecule has 0 saturated carbocycles. The van der Waals surface area contributed by atoms with E-state index in [2.05, 4.69) is 153 Å². The van der Waals surface area contributed by atoms with Crippen LogP contribution in [0.3, 0.4) is 0 Å². The predicted octanol–water partition coefficient (Wildman–Crippen LogP) is 10.5. The highest BCUT2D eigenvalue weighted by molar-refractivity contribution is 6.09. The second-order valence-corrected chi connectivity index (χ2v) is 12.4. The fourth-order valence-electron chi connectivity index (χ4n) is 7.27. The first-order valence-electron chi connectivity index (χ1n) is 16.6. The van der Waals surface area contributed by atoms with Gasteiger partial charge in [-0.05, 0) is 72.8 Å². The van der Waals surface area contributed by atoms with Crippen LogP contribution in [0.15, 0.2) is 170 Å². The van der Waals surface area contributed by atoms with Crippen molar-refractivity contribution in [3.8, 4) is 45.3 Å². The van der Waals surface area contributed by atoms with E-state index in [9.17, 15) is 0 Å². The molecule has 234 valence electrons. The second-order valence-electron chi connectivity index (χ2n) is 12.4. The van der Waals surface area contributed by atoms with Gasteiger partial charge in [0.2, 0.25) is 0 Å². The summed E-state index contributed by atoms with van der Waals surface area (Å²) in [6.07, 6.45) is 7.60. The van der Waals surface area contributed by atoms with Crippen molar-refractivity contribution in [2.24, 2.45) is 0 Å². The van der Waals surface area contributed by atoms with Crippen molar-refractivity contribution in [1.29, 1.82) is 0 Å². The number of para-hydroxylation sites is 2. The van der Waals surface area contributed by atoms with Gasteiger partial charge in [0.15, 0.2) is 0 Å². The van der Waals surface area contributed by atoms with Crippen molar-refractivity contribution in [1.82, 2.24) is 29.1 Å². The number of hydrogen-bond donors (Lipinski definition) is 0. The summed E-state index contributed by atoms with van der Waals surface area (Å²) in [5, 5.41) is 4.64. The van der Waals surface area contributed by atoms with Gasteiger partial charge in [-0.2, -0.15) is 0 Å². The molecule has 0 unspecified atom stereocenters. The zero-order chi connectivity index (χ0) is 33.0. The van der Waals surface area contributed by atoms with E-state index in [0.29, 0.717) is 0 Å². The Labute approximate surface area is 287 Å². The molecule has 4 aromatic carbocycles. The first kappa shape index (κ1) is 28.1. The van der Waals surface area contributed by atoms with E-state index < -0.39 is 0 Å². The number of benzene rings is 4. The minimum Gasteiger partial charge on any atom is -0.309 e. The zero-order valence-corrected chi connectivity index (χ0v) is 26.8. The van der Waals surface area contributed by atoms with E-state index in [0.717, 1.165) is 78.1 Å². The average Bonchev–Trinajstić information content (AvgIpc) is 3.71.